The largest absolute Gasteiger partial charge is 0.474 e. The molecular weight excluding hydrogens is 214 g/mol. The molecule has 1 aliphatic rings. The van der Waals surface area contributed by atoms with Gasteiger partial charge in [0, 0.05) is 31.7 Å². The molecule has 17 heavy (non-hydrogen) atoms. The van der Waals surface area contributed by atoms with E-state index in [0.29, 0.717) is 6.10 Å². The van der Waals surface area contributed by atoms with Crippen LogP contribution in [0.2, 0.25) is 0 Å². The molecule has 1 fully saturated rings. The van der Waals surface area contributed by atoms with Gasteiger partial charge in [-0.1, -0.05) is 0 Å². The lowest BCUT2D eigenvalue weighted by atomic mass is 9.99. The Bertz CT molecular complexity index is 359. The van der Waals surface area contributed by atoms with E-state index in [4.69, 9.17) is 4.74 Å². The van der Waals surface area contributed by atoms with Crippen LogP contribution in [0.5, 0.6) is 5.88 Å². The molecule has 0 spiro atoms. The number of piperidine rings is 1. The van der Waals surface area contributed by atoms with Crippen molar-refractivity contribution in [3.8, 4) is 5.88 Å². The molecule has 0 bridgehead atoms. The van der Waals surface area contributed by atoms with Crippen molar-refractivity contribution in [1.29, 1.82) is 0 Å². The summed E-state index contributed by atoms with van der Waals surface area (Å²) < 4.78 is 7.75. The van der Waals surface area contributed by atoms with Crippen molar-refractivity contribution < 1.29 is 4.74 Å². The van der Waals surface area contributed by atoms with Crippen LogP contribution in [0.1, 0.15) is 33.6 Å². The highest BCUT2D eigenvalue weighted by molar-refractivity contribution is 5.07. The van der Waals surface area contributed by atoms with Gasteiger partial charge in [0.05, 0.1) is 6.20 Å². The first-order chi connectivity index (χ1) is 7.97. The average molecular weight is 237 g/mol. The minimum atomic E-state index is 0.275. The predicted octanol–water partition coefficient (Wildman–Crippen LogP) is 2.06. The summed E-state index contributed by atoms with van der Waals surface area (Å²) in [4.78, 5) is 2.52. The SMILES string of the molecule is Cn1nccc1OC1CCN(C(C)(C)C)CC1. The van der Waals surface area contributed by atoms with Gasteiger partial charge in [0.15, 0.2) is 0 Å². The van der Waals surface area contributed by atoms with Crippen molar-refractivity contribution in [2.24, 2.45) is 7.05 Å². The van der Waals surface area contributed by atoms with E-state index in [1.165, 1.54) is 0 Å². The molecule has 4 nitrogen and oxygen atoms in total. The van der Waals surface area contributed by atoms with Crippen LogP contribution < -0.4 is 4.74 Å². The number of rotatable bonds is 2. The second-order valence-corrected chi connectivity index (χ2v) is 5.77. The molecule has 1 aromatic rings. The fourth-order valence-electron chi connectivity index (χ4n) is 2.29. The van der Waals surface area contributed by atoms with E-state index in [0.717, 1.165) is 31.8 Å². The molecule has 0 radical (unpaired) electrons. The maximum Gasteiger partial charge on any atom is 0.211 e. The first-order valence-corrected chi connectivity index (χ1v) is 6.36. The van der Waals surface area contributed by atoms with Crippen molar-refractivity contribution in [3.05, 3.63) is 12.3 Å². The summed E-state index contributed by atoms with van der Waals surface area (Å²) in [6.07, 6.45) is 4.31. The minimum absolute atomic E-state index is 0.275. The lowest BCUT2D eigenvalue weighted by Gasteiger charge is -2.40. The van der Waals surface area contributed by atoms with Gasteiger partial charge in [-0.3, -0.25) is 4.90 Å². The van der Waals surface area contributed by atoms with Crippen LogP contribution in [-0.2, 0) is 7.05 Å². The van der Waals surface area contributed by atoms with E-state index in [-0.39, 0.29) is 5.54 Å². The van der Waals surface area contributed by atoms with Gasteiger partial charge in [0.2, 0.25) is 5.88 Å². The van der Waals surface area contributed by atoms with E-state index < -0.39 is 0 Å². The molecule has 1 aliphatic heterocycles. The van der Waals surface area contributed by atoms with Crippen LogP contribution >= 0.6 is 0 Å². The van der Waals surface area contributed by atoms with Gasteiger partial charge >= 0.3 is 0 Å². The van der Waals surface area contributed by atoms with Crippen molar-refractivity contribution in [1.82, 2.24) is 14.7 Å². The van der Waals surface area contributed by atoms with Crippen molar-refractivity contribution in [2.45, 2.75) is 45.3 Å². The van der Waals surface area contributed by atoms with Gasteiger partial charge in [-0.15, -0.1) is 0 Å². The van der Waals surface area contributed by atoms with Crippen LogP contribution in [0.4, 0.5) is 0 Å². The third-order valence-corrected chi connectivity index (χ3v) is 3.45. The molecular formula is C13H23N3O. The standard InChI is InChI=1S/C13H23N3O/c1-13(2,3)16-9-6-11(7-10-16)17-12-5-8-14-15(12)4/h5,8,11H,6-7,9-10H2,1-4H3. The number of hydrogen-bond acceptors (Lipinski definition) is 3. The van der Waals surface area contributed by atoms with Gasteiger partial charge < -0.3 is 4.74 Å². The Hall–Kier alpha value is -1.03. The average Bonchev–Trinajstić information content (AvgIpc) is 2.64. The highest BCUT2D eigenvalue weighted by Gasteiger charge is 2.27. The second kappa shape index (κ2) is 4.69. The van der Waals surface area contributed by atoms with Gasteiger partial charge in [-0.25, -0.2) is 4.68 Å². The monoisotopic (exact) mass is 237 g/mol. The fraction of sp³-hybridized carbons (Fsp3) is 0.769. The van der Waals surface area contributed by atoms with E-state index in [1.807, 2.05) is 13.1 Å². The molecule has 0 N–H and O–H groups in total. The lowest BCUT2D eigenvalue weighted by molar-refractivity contribution is 0.0454. The van der Waals surface area contributed by atoms with Gasteiger partial charge in [-0.05, 0) is 33.6 Å². The van der Waals surface area contributed by atoms with Crippen molar-refractivity contribution >= 4 is 0 Å². The van der Waals surface area contributed by atoms with E-state index in [2.05, 4.69) is 30.8 Å². The van der Waals surface area contributed by atoms with Crippen molar-refractivity contribution in [2.75, 3.05) is 13.1 Å². The molecule has 2 heterocycles. The Kier molecular flexibility index (Phi) is 3.43. The Morgan fingerprint density at radius 3 is 2.41 bits per heavy atom. The predicted molar refractivity (Wildman–Crippen MR) is 68.2 cm³/mol. The molecule has 0 aromatic carbocycles. The zero-order valence-corrected chi connectivity index (χ0v) is 11.3. The highest BCUT2D eigenvalue weighted by Crippen LogP contribution is 2.23. The molecule has 4 heteroatoms. The van der Waals surface area contributed by atoms with E-state index in [9.17, 15) is 0 Å². The van der Waals surface area contributed by atoms with Crippen molar-refractivity contribution in [3.63, 3.8) is 0 Å². The van der Waals surface area contributed by atoms with E-state index >= 15 is 0 Å². The molecule has 0 aliphatic carbocycles. The van der Waals surface area contributed by atoms with Crippen LogP contribution in [0.25, 0.3) is 0 Å². The molecule has 0 atom stereocenters. The summed E-state index contributed by atoms with van der Waals surface area (Å²) in [6.45, 7) is 9.05. The summed E-state index contributed by atoms with van der Waals surface area (Å²) in [6, 6.07) is 1.93. The molecule has 0 amide bonds. The second-order valence-electron chi connectivity index (χ2n) is 5.77. The molecule has 2 rings (SSSR count). The summed E-state index contributed by atoms with van der Waals surface area (Å²) in [7, 11) is 1.92. The normalized spacial score (nSPS) is 19.5. The summed E-state index contributed by atoms with van der Waals surface area (Å²) >= 11 is 0. The summed E-state index contributed by atoms with van der Waals surface area (Å²) in [5.41, 5.74) is 0.275. The third kappa shape index (κ3) is 3.00. The number of hydrogen-bond donors (Lipinski definition) is 0. The smallest absolute Gasteiger partial charge is 0.211 e. The van der Waals surface area contributed by atoms with Crippen LogP contribution in [0.15, 0.2) is 12.3 Å². The Morgan fingerprint density at radius 2 is 1.94 bits per heavy atom. The summed E-state index contributed by atoms with van der Waals surface area (Å²) in [5.74, 6) is 0.874. The maximum atomic E-state index is 5.96. The number of aromatic nitrogens is 2. The van der Waals surface area contributed by atoms with Gasteiger partial charge in [-0.2, -0.15) is 5.10 Å². The minimum Gasteiger partial charge on any atom is -0.474 e. The van der Waals surface area contributed by atoms with Gasteiger partial charge in [0.25, 0.3) is 0 Å². The van der Waals surface area contributed by atoms with Crippen LogP contribution in [0, 0.1) is 0 Å². The number of likely N-dealkylation sites (tertiary alicyclic amines) is 1. The maximum absolute atomic E-state index is 5.96. The number of ether oxygens (including phenoxy) is 1. The Balaban J connectivity index is 1.86. The molecule has 0 saturated carbocycles. The quantitative estimate of drug-likeness (QED) is 0.788. The number of aryl methyl sites for hydroxylation is 1. The third-order valence-electron chi connectivity index (χ3n) is 3.45. The first kappa shape index (κ1) is 12.4. The van der Waals surface area contributed by atoms with Crippen LogP contribution in [-0.4, -0.2) is 39.4 Å². The first-order valence-electron chi connectivity index (χ1n) is 6.36. The molecule has 0 unspecified atom stereocenters. The molecule has 96 valence electrons. The summed E-state index contributed by atoms with van der Waals surface area (Å²) in [5, 5.41) is 4.12. The highest BCUT2D eigenvalue weighted by atomic mass is 16.5. The topological polar surface area (TPSA) is 30.3 Å². The Labute approximate surface area is 104 Å². The van der Waals surface area contributed by atoms with Crippen LogP contribution in [0.3, 0.4) is 0 Å². The lowest BCUT2D eigenvalue weighted by Crippen LogP contribution is -2.48. The zero-order valence-electron chi connectivity index (χ0n) is 11.3. The Morgan fingerprint density at radius 1 is 1.29 bits per heavy atom. The van der Waals surface area contributed by atoms with E-state index in [1.54, 1.807) is 10.9 Å². The van der Waals surface area contributed by atoms with Gasteiger partial charge in [0.1, 0.15) is 6.10 Å². The fourth-order valence-corrected chi connectivity index (χ4v) is 2.29. The molecule has 1 aromatic heterocycles. The molecule has 1 saturated heterocycles. The zero-order chi connectivity index (χ0) is 12.5. The number of nitrogens with zero attached hydrogens (tertiary/aromatic N) is 3.